The normalized spacial score (nSPS) is 11.4. The van der Waals surface area contributed by atoms with Gasteiger partial charge in [-0.05, 0) is 48.7 Å². The summed E-state index contributed by atoms with van der Waals surface area (Å²) >= 11 is 0. The third-order valence-electron chi connectivity index (χ3n) is 5.89. The molecule has 5 aromatic rings. The largest absolute Gasteiger partial charge is 0.348 e. The predicted molar refractivity (Wildman–Crippen MR) is 119 cm³/mol. The summed E-state index contributed by atoms with van der Waals surface area (Å²) in [5.74, 6) is 0. The monoisotopic (exact) mass is 362 g/mol. The number of benzene rings is 3. The molecule has 2 nitrogen and oxygen atoms in total. The van der Waals surface area contributed by atoms with E-state index in [4.69, 9.17) is 4.98 Å². The highest BCUT2D eigenvalue weighted by molar-refractivity contribution is 6.15. The van der Waals surface area contributed by atoms with E-state index in [2.05, 4.69) is 98.3 Å². The van der Waals surface area contributed by atoms with Gasteiger partial charge in [0.1, 0.15) is 0 Å². The SMILES string of the molecule is Cc1c(C)n(C)c2ccc3nc(-c4ccccc4)cc(-c4ccccc4)c3c12. The van der Waals surface area contributed by atoms with E-state index < -0.39 is 0 Å². The number of fused-ring (bicyclic) bond motifs is 3. The summed E-state index contributed by atoms with van der Waals surface area (Å²) in [6, 6.07) is 27.7. The molecule has 2 aromatic heterocycles. The summed E-state index contributed by atoms with van der Waals surface area (Å²) in [6.07, 6.45) is 0. The molecule has 0 radical (unpaired) electrons. The van der Waals surface area contributed by atoms with Gasteiger partial charge in [-0.3, -0.25) is 0 Å². The van der Waals surface area contributed by atoms with Crippen LogP contribution in [0.2, 0.25) is 0 Å². The van der Waals surface area contributed by atoms with Crippen molar-refractivity contribution in [1.82, 2.24) is 9.55 Å². The van der Waals surface area contributed by atoms with E-state index in [1.807, 2.05) is 6.07 Å². The molecule has 0 saturated carbocycles. The Morgan fingerprint density at radius 1 is 0.714 bits per heavy atom. The average molecular weight is 362 g/mol. The maximum atomic E-state index is 5.05. The lowest BCUT2D eigenvalue weighted by Gasteiger charge is -2.12. The standard InChI is InChI=1S/C26H22N2/c1-17-18(2)28(3)24-15-14-22-26(25(17)24)21(19-10-6-4-7-11-19)16-23(27-22)20-12-8-5-9-13-20/h4-16H,1-3H3. The molecule has 3 aromatic carbocycles. The summed E-state index contributed by atoms with van der Waals surface area (Å²) in [5, 5.41) is 2.55. The van der Waals surface area contributed by atoms with Gasteiger partial charge in [0.2, 0.25) is 0 Å². The minimum atomic E-state index is 1.01. The molecule has 0 N–H and O–H groups in total. The van der Waals surface area contributed by atoms with Crippen LogP contribution in [0.1, 0.15) is 11.3 Å². The number of nitrogens with zero attached hydrogens (tertiary/aromatic N) is 2. The molecule has 136 valence electrons. The van der Waals surface area contributed by atoms with Gasteiger partial charge >= 0.3 is 0 Å². The molecule has 2 heteroatoms. The zero-order chi connectivity index (χ0) is 19.3. The van der Waals surface area contributed by atoms with Crippen LogP contribution in [-0.2, 0) is 7.05 Å². The summed E-state index contributed by atoms with van der Waals surface area (Å²) in [7, 11) is 2.14. The molecule has 0 atom stereocenters. The molecule has 0 aliphatic carbocycles. The fraction of sp³-hybridized carbons (Fsp3) is 0.115. The van der Waals surface area contributed by atoms with Crippen molar-refractivity contribution < 1.29 is 0 Å². The topological polar surface area (TPSA) is 17.8 Å². The van der Waals surface area contributed by atoms with Crippen LogP contribution in [0.15, 0.2) is 78.9 Å². The molecule has 0 spiro atoms. The number of aromatic nitrogens is 2. The zero-order valence-electron chi connectivity index (χ0n) is 16.4. The molecule has 0 aliphatic rings. The maximum absolute atomic E-state index is 5.05. The molecule has 0 bridgehead atoms. The Balaban J connectivity index is 1.96. The quantitative estimate of drug-likeness (QED) is 0.342. The van der Waals surface area contributed by atoms with E-state index in [1.165, 1.54) is 38.7 Å². The summed E-state index contributed by atoms with van der Waals surface area (Å²) in [5.41, 5.74) is 9.54. The highest BCUT2D eigenvalue weighted by atomic mass is 14.9. The second kappa shape index (κ2) is 6.35. The van der Waals surface area contributed by atoms with E-state index in [1.54, 1.807) is 0 Å². The Morgan fingerprint density at radius 2 is 1.36 bits per heavy atom. The van der Waals surface area contributed by atoms with Crippen molar-refractivity contribution in [2.24, 2.45) is 7.05 Å². The number of pyridine rings is 1. The summed E-state index contributed by atoms with van der Waals surface area (Å²) in [4.78, 5) is 5.05. The Morgan fingerprint density at radius 3 is 2.04 bits per heavy atom. The number of hydrogen-bond acceptors (Lipinski definition) is 1. The molecule has 0 saturated heterocycles. The molecular weight excluding hydrogens is 340 g/mol. The average Bonchev–Trinajstić information content (AvgIpc) is 2.98. The number of aryl methyl sites for hydroxylation is 2. The highest BCUT2D eigenvalue weighted by Crippen LogP contribution is 2.39. The van der Waals surface area contributed by atoms with Gasteiger partial charge in [0, 0.05) is 34.6 Å². The smallest absolute Gasteiger partial charge is 0.0723 e. The van der Waals surface area contributed by atoms with Gasteiger partial charge in [-0.25, -0.2) is 4.98 Å². The van der Waals surface area contributed by atoms with Gasteiger partial charge in [0.25, 0.3) is 0 Å². The van der Waals surface area contributed by atoms with Crippen LogP contribution in [0.4, 0.5) is 0 Å². The van der Waals surface area contributed by atoms with Gasteiger partial charge in [-0.2, -0.15) is 0 Å². The van der Waals surface area contributed by atoms with Gasteiger partial charge < -0.3 is 4.57 Å². The van der Waals surface area contributed by atoms with Crippen LogP contribution >= 0.6 is 0 Å². The second-order valence-corrected chi connectivity index (χ2v) is 7.41. The van der Waals surface area contributed by atoms with E-state index in [9.17, 15) is 0 Å². The maximum Gasteiger partial charge on any atom is 0.0723 e. The van der Waals surface area contributed by atoms with Crippen LogP contribution in [0.5, 0.6) is 0 Å². The molecule has 0 fully saturated rings. The van der Waals surface area contributed by atoms with Gasteiger partial charge in [0.15, 0.2) is 0 Å². The number of rotatable bonds is 2. The van der Waals surface area contributed by atoms with Crippen molar-refractivity contribution >= 4 is 21.8 Å². The van der Waals surface area contributed by atoms with Crippen molar-refractivity contribution in [2.75, 3.05) is 0 Å². The molecule has 5 rings (SSSR count). The molecule has 0 unspecified atom stereocenters. The fourth-order valence-electron chi connectivity index (χ4n) is 4.19. The summed E-state index contributed by atoms with van der Waals surface area (Å²) in [6.45, 7) is 4.41. The van der Waals surface area contributed by atoms with Crippen LogP contribution in [0.25, 0.3) is 44.2 Å². The number of hydrogen-bond donors (Lipinski definition) is 0. The second-order valence-electron chi connectivity index (χ2n) is 7.41. The fourth-order valence-corrected chi connectivity index (χ4v) is 4.19. The molecule has 28 heavy (non-hydrogen) atoms. The molecular formula is C26H22N2. The first-order valence-electron chi connectivity index (χ1n) is 9.65. The lowest BCUT2D eigenvalue weighted by atomic mass is 9.95. The van der Waals surface area contributed by atoms with Crippen molar-refractivity contribution in [1.29, 1.82) is 0 Å². The van der Waals surface area contributed by atoms with E-state index in [0.717, 1.165) is 16.8 Å². The molecule has 0 aliphatic heterocycles. The lowest BCUT2D eigenvalue weighted by molar-refractivity contribution is 0.910. The van der Waals surface area contributed by atoms with Gasteiger partial charge in [0.05, 0.1) is 11.2 Å². The van der Waals surface area contributed by atoms with Crippen LogP contribution < -0.4 is 0 Å². The van der Waals surface area contributed by atoms with E-state index in [-0.39, 0.29) is 0 Å². The molecule has 0 amide bonds. The van der Waals surface area contributed by atoms with Crippen molar-refractivity contribution in [2.45, 2.75) is 13.8 Å². The van der Waals surface area contributed by atoms with E-state index >= 15 is 0 Å². The van der Waals surface area contributed by atoms with Gasteiger partial charge in [-0.15, -0.1) is 0 Å². The van der Waals surface area contributed by atoms with Crippen molar-refractivity contribution in [3.63, 3.8) is 0 Å². The third kappa shape index (κ3) is 2.45. The Hall–Kier alpha value is -3.39. The van der Waals surface area contributed by atoms with E-state index in [0.29, 0.717) is 0 Å². The lowest BCUT2D eigenvalue weighted by Crippen LogP contribution is -1.92. The Labute approximate surface area is 165 Å². The highest BCUT2D eigenvalue weighted by Gasteiger charge is 2.17. The summed E-state index contributed by atoms with van der Waals surface area (Å²) < 4.78 is 2.28. The predicted octanol–water partition coefficient (Wildman–Crippen LogP) is 6.68. The Kier molecular flexibility index (Phi) is 3.80. The Bertz CT molecular complexity index is 1310. The molecule has 2 heterocycles. The first-order chi connectivity index (χ1) is 13.6. The van der Waals surface area contributed by atoms with Gasteiger partial charge in [-0.1, -0.05) is 60.7 Å². The first-order valence-corrected chi connectivity index (χ1v) is 9.65. The van der Waals surface area contributed by atoms with Crippen LogP contribution in [0, 0.1) is 13.8 Å². The van der Waals surface area contributed by atoms with Crippen molar-refractivity contribution in [3.05, 3.63) is 90.1 Å². The minimum absolute atomic E-state index is 1.01. The zero-order valence-corrected chi connectivity index (χ0v) is 16.4. The van der Waals surface area contributed by atoms with Crippen LogP contribution in [0.3, 0.4) is 0 Å². The minimum Gasteiger partial charge on any atom is -0.348 e. The van der Waals surface area contributed by atoms with Crippen molar-refractivity contribution in [3.8, 4) is 22.4 Å². The third-order valence-corrected chi connectivity index (χ3v) is 5.89. The first kappa shape index (κ1) is 16.8. The van der Waals surface area contributed by atoms with Crippen LogP contribution in [-0.4, -0.2) is 9.55 Å².